The summed E-state index contributed by atoms with van der Waals surface area (Å²) in [6.45, 7) is 19.8. The maximum Gasteiger partial charge on any atom is 0.0210 e. The average Bonchev–Trinajstić information content (AvgIpc) is 0.777. The van der Waals surface area contributed by atoms with E-state index in [1.165, 1.54) is 84.9 Å². The minimum Gasteiger partial charge on any atom is -2.00 e. The molecule has 16 rings (SSSR count). The van der Waals surface area contributed by atoms with E-state index in [-0.39, 0.29) is 46.6 Å². The van der Waals surface area contributed by atoms with Gasteiger partial charge in [0.2, 0.25) is 0 Å². The molecule has 0 unspecified atom stereocenters. The summed E-state index contributed by atoms with van der Waals surface area (Å²) < 4.78 is 0. The molecule has 16 aromatic carbocycles. The van der Waals surface area contributed by atoms with Gasteiger partial charge < -0.3 is 27.0 Å². The maximum absolute atomic E-state index is 2.48. The summed E-state index contributed by atoms with van der Waals surface area (Å²) in [6.07, 6.45) is 0. The van der Waals surface area contributed by atoms with Gasteiger partial charge in [0.1, 0.15) is 0 Å². The van der Waals surface area contributed by atoms with Crippen molar-refractivity contribution in [3.8, 4) is 0 Å². The first-order chi connectivity index (χ1) is 56.7. The lowest BCUT2D eigenvalue weighted by Crippen LogP contribution is -2.34. The Kier molecular flexibility index (Phi) is 34.3. The lowest BCUT2D eigenvalue weighted by atomic mass is 10.4. The Labute approximate surface area is 729 Å². The van der Waals surface area contributed by atoms with Crippen LogP contribution in [-0.2, 0) is 27.0 Å². The smallest absolute Gasteiger partial charge is 0.0210 e. The van der Waals surface area contributed by atoms with Crippen LogP contribution in [0.1, 0.15) is 55.4 Å². The van der Waals surface area contributed by atoms with Crippen molar-refractivity contribution in [2.45, 2.75) is 75.0 Å². The molecule has 0 aliphatic carbocycles. The highest BCUT2D eigenvalue weighted by Gasteiger charge is 2.45. The van der Waals surface area contributed by atoms with E-state index in [9.17, 15) is 0 Å². The van der Waals surface area contributed by atoms with Gasteiger partial charge in [-0.3, -0.25) is 0 Å². The first-order valence-corrected chi connectivity index (χ1v) is 50.7. The fraction of sp³-hybridized carbons (Fsp3) is 0.111. The zero-order valence-corrected chi connectivity index (χ0v) is 77.4. The van der Waals surface area contributed by atoms with Crippen LogP contribution < -0.4 is 84.9 Å². The van der Waals surface area contributed by atoms with Crippen LogP contribution in [0.25, 0.3) is 0 Å². The van der Waals surface area contributed by atoms with E-state index < -0.39 is 63.4 Å². The molecule has 10 heteroatoms. The highest BCUT2D eigenvalue weighted by molar-refractivity contribution is 7.93. The molecule has 0 atom stereocenters. The first-order valence-electron chi connectivity index (χ1n) is 39.9. The summed E-state index contributed by atoms with van der Waals surface area (Å²) in [7, 11) is -4.42. The zero-order chi connectivity index (χ0) is 80.4. The topological polar surface area (TPSA) is 0 Å². The van der Waals surface area contributed by atoms with Gasteiger partial charge in [-0.05, 0) is 148 Å². The highest BCUT2D eigenvalue weighted by atomic mass is 32.1. The van der Waals surface area contributed by atoms with Gasteiger partial charge in [-0.15, -0.1) is 0 Å². The molecule has 0 spiro atoms. The van der Waals surface area contributed by atoms with Crippen molar-refractivity contribution in [3.63, 3.8) is 0 Å². The van der Waals surface area contributed by atoms with Crippen molar-refractivity contribution in [1.29, 1.82) is 0 Å². The largest absolute Gasteiger partial charge is 2.00 e. The zero-order valence-electron chi connectivity index (χ0n) is 68.6. The standard InChI is InChI=1S/4C27H26P2.2S/c4*1-27(2,28(23-15-7-3-8-16-23)24-17-9-4-10-18-24)29(25-19-11-5-12-20-25)26-21-13-6-14-22-26;;/h4*3-22H,1-2H3;;/q;;;;2*-2. The fourth-order valence-corrected chi connectivity index (χ4v) is 44.6. The Morgan fingerprint density at radius 2 is 0.153 bits per heavy atom. The minimum atomic E-state index is -0.552. The summed E-state index contributed by atoms with van der Waals surface area (Å²) in [5, 5.41) is 23.1. The normalized spacial score (nSPS) is 11.5. The Bertz CT molecular complexity index is 4110. The van der Waals surface area contributed by atoms with Gasteiger partial charge in [-0.1, -0.05) is 541 Å². The summed E-state index contributed by atoms with van der Waals surface area (Å²) >= 11 is 0. The molecule has 0 radical (unpaired) electrons. The lowest BCUT2D eigenvalue weighted by molar-refractivity contribution is 1.00. The van der Waals surface area contributed by atoms with Gasteiger partial charge >= 0.3 is 0 Å². The molecule has 0 saturated carbocycles. The molecule has 0 saturated heterocycles. The van der Waals surface area contributed by atoms with Crippen molar-refractivity contribution in [2.24, 2.45) is 0 Å². The Hall–Kier alpha value is -8.34. The molecule has 118 heavy (non-hydrogen) atoms. The van der Waals surface area contributed by atoms with Gasteiger partial charge in [0.05, 0.1) is 0 Å². The molecule has 0 aromatic heterocycles. The Morgan fingerprint density at radius 3 is 0.203 bits per heavy atom. The van der Waals surface area contributed by atoms with Crippen LogP contribution in [0.5, 0.6) is 0 Å². The maximum atomic E-state index is 2.48. The second kappa shape index (κ2) is 44.8. The summed E-state index contributed by atoms with van der Waals surface area (Å²) in [6, 6.07) is 177. The lowest BCUT2D eigenvalue weighted by Gasteiger charge is -2.43. The van der Waals surface area contributed by atoms with Gasteiger partial charge in [0.15, 0.2) is 0 Å². The molecular weight excluding hydrogens is 1610 g/mol. The second-order valence-corrected chi connectivity index (χ2v) is 54.0. The van der Waals surface area contributed by atoms with Gasteiger partial charge in [0, 0.05) is 19.6 Å². The van der Waals surface area contributed by atoms with Crippen molar-refractivity contribution in [3.05, 3.63) is 485 Å². The molecule has 592 valence electrons. The molecule has 0 heterocycles. The number of hydrogen-bond donors (Lipinski definition) is 0. The summed E-state index contributed by atoms with van der Waals surface area (Å²) in [4.78, 5) is 0.318. The number of rotatable bonds is 24. The van der Waals surface area contributed by atoms with E-state index in [4.69, 9.17) is 0 Å². The van der Waals surface area contributed by atoms with Gasteiger partial charge in [-0.25, -0.2) is 0 Å². The minimum absolute atomic E-state index is 0. The Balaban J connectivity index is 0.000000153. The molecular formula is C108H104P8S2-4. The molecule has 16 aromatic rings. The summed E-state index contributed by atoms with van der Waals surface area (Å²) in [5.74, 6) is 0. The Morgan fingerprint density at radius 1 is 0.102 bits per heavy atom. The van der Waals surface area contributed by atoms with Crippen LogP contribution in [0.15, 0.2) is 485 Å². The monoisotopic (exact) mass is 1710 g/mol. The molecule has 0 bridgehead atoms. The number of hydrogen-bond acceptors (Lipinski definition) is 0. The van der Waals surface area contributed by atoms with E-state index >= 15 is 0 Å². The third-order valence-electron chi connectivity index (χ3n) is 20.6. The van der Waals surface area contributed by atoms with Crippen LogP contribution >= 0.6 is 63.4 Å². The first kappa shape index (κ1) is 90.4. The molecule has 0 nitrogen and oxygen atoms in total. The fourth-order valence-electron chi connectivity index (χ4n) is 15.9. The van der Waals surface area contributed by atoms with E-state index in [0.717, 1.165) is 0 Å². The van der Waals surface area contributed by atoms with Gasteiger partial charge in [0.25, 0.3) is 0 Å². The van der Waals surface area contributed by atoms with E-state index in [0.29, 0.717) is 0 Å². The van der Waals surface area contributed by atoms with Crippen LogP contribution in [0.3, 0.4) is 0 Å². The quantitative estimate of drug-likeness (QED) is 0.0529. The van der Waals surface area contributed by atoms with Crippen molar-refractivity contribution >= 4 is 175 Å². The highest BCUT2D eigenvalue weighted by Crippen LogP contribution is 2.68. The molecule has 0 fully saturated rings. The van der Waals surface area contributed by atoms with Crippen LogP contribution in [-0.4, -0.2) is 19.6 Å². The van der Waals surface area contributed by atoms with Gasteiger partial charge in [-0.2, -0.15) is 0 Å². The SMILES string of the molecule is CC(C)(P(c1ccccc1)c1ccccc1)P(c1ccccc1)c1ccccc1.CC(C)(P(c1ccccc1)c1ccccc1)P(c1ccccc1)c1ccccc1.CC(C)(P(c1ccccc1)c1ccccc1)P(c1ccccc1)c1ccccc1.CC(C)(P(c1ccccc1)c1ccccc1)P(c1ccccc1)c1ccccc1.[S-2].[S-2]. The molecule has 0 N–H and O–H groups in total. The third kappa shape index (κ3) is 22.8. The van der Waals surface area contributed by atoms with Crippen LogP contribution in [0, 0.1) is 0 Å². The van der Waals surface area contributed by atoms with E-state index in [1.54, 1.807) is 0 Å². The predicted octanol–water partition coefficient (Wildman–Crippen LogP) is 23.9. The average molecular weight is 1710 g/mol. The van der Waals surface area contributed by atoms with E-state index in [1.807, 2.05) is 0 Å². The van der Waals surface area contributed by atoms with Crippen molar-refractivity contribution < 1.29 is 0 Å². The molecule has 0 amide bonds. The number of benzene rings is 16. The second-order valence-electron chi connectivity index (χ2n) is 30.0. The van der Waals surface area contributed by atoms with Crippen molar-refractivity contribution in [1.82, 2.24) is 0 Å². The molecule has 0 aliphatic rings. The third-order valence-corrected chi connectivity index (χ3v) is 47.2. The van der Waals surface area contributed by atoms with Crippen LogP contribution in [0.2, 0.25) is 0 Å². The van der Waals surface area contributed by atoms with Crippen LogP contribution in [0.4, 0.5) is 0 Å². The molecule has 0 aliphatic heterocycles. The van der Waals surface area contributed by atoms with Crippen molar-refractivity contribution in [2.75, 3.05) is 0 Å². The van der Waals surface area contributed by atoms with E-state index in [2.05, 4.69) is 541 Å². The summed E-state index contributed by atoms with van der Waals surface area (Å²) in [5.41, 5.74) is 0. The predicted molar refractivity (Wildman–Crippen MR) is 544 cm³/mol.